The molecular formula is C24H28N2O8. The van der Waals surface area contributed by atoms with E-state index in [1.807, 2.05) is 24.3 Å². The number of nitrogens with zero attached hydrogens (tertiary/aromatic N) is 2. The van der Waals surface area contributed by atoms with Crippen molar-refractivity contribution in [3.05, 3.63) is 63.7 Å². The van der Waals surface area contributed by atoms with Crippen molar-refractivity contribution in [2.75, 3.05) is 26.2 Å². The van der Waals surface area contributed by atoms with E-state index in [4.69, 9.17) is 18.9 Å². The van der Waals surface area contributed by atoms with E-state index < -0.39 is 41.0 Å². The van der Waals surface area contributed by atoms with Crippen molar-refractivity contribution in [1.82, 2.24) is 0 Å². The molecular weight excluding hydrogens is 444 g/mol. The number of benzene rings is 2. The molecule has 4 atom stereocenters. The molecule has 0 saturated carbocycles. The molecule has 2 aliphatic heterocycles. The number of ether oxygens (including phenoxy) is 4. The summed E-state index contributed by atoms with van der Waals surface area (Å²) in [6.45, 7) is 1.65. The standard InChI is InChI=1S/C24H28N2O8/c1-24(23(32-3)33-4)21(27)20(16-13-15(26(29)30)10-12-19(16)34-24)25-17-8-6-5-7-14(17)9-11-18(25)22(28)31-2/h5-8,10,12-13,18,20-21,23,27H,9,11H2,1-4H3/t18-,20+,21-,24+/m1/s1. The first kappa shape index (κ1) is 23.9. The number of non-ortho nitro benzene ring substituents is 1. The van der Waals surface area contributed by atoms with Gasteiger partial charge in [-0.2, -0.15) is 0 Å². The number of hydrogen-bond acceptors (Lipinski definition) is 9. The predicted molar refractivity (Wildman–Crippen MR) is 122 cm³/mol. The number of aliphatic hydroxyl groups excluding tert-OH is 1. The minimum absolute atomic E-state index is 0.155. The fourth-order valence-electron chi connectivity index (χ4n) is 5.09. The second-order valence-corrected chi connectivity index (χ2v) is 8.57. The Balaban J connectivity index is 1.97. The molecule has 2 aromatic carbocycles. The number of methoxy groups -OCH3 is 3. The molecule has 2 aliphatic rings. The zero-order valence-electron chi connectivity index (χ0n) is 19.5. The molecule has 10 heteroatoms. The van der Waals surface area contributed by atoms with Crippen LogP contribution in [0.15, 0.2) is 42.5 Å². The third kappa shape index (κ3) is 3.77. The van der Waals surface area contributed by atoms with E-state index in [2.05, 4.69) is 0 Å². The molecule has 0 aromatic heterocycles. The van der Waals surface area contributed by atoms with E-state index in [0.29, 0.717) is 24.2 Å². The lowest BCUT2D eigenvalue weighted by Crippen LogP contribution is -2.64. The van der Waals surface area contributed by atoms with Gasteiger partial charge < -0.3 is 29.0 Å². The van der Waals surface area contributed by atoms with Gasteiger partial charge in [0.2, 0.25) is 0 Å². The smallest absolute Gasteiger partial charge is 0.328 e. The van der Waals surface area contributed by atoms with Gasteiger partial charge in [-0.15, -0.1) is 0 Å². The van der Waals surface area contributed by atoms with Crippen molar-refractivity contribution in [3.63, 3.8) is 0 Å². The lowest BCUT2D eigenvalue weighted by molar-refractivity contribution is -0.385. The summed E-state index contributed by atoms with van der Waals surface area (Å²) in [5.41, 5.74) is 0.560. The highest BCUT2D eigenvalue weighted by molar-refractivity contribution is 5.82. The number of aryl methyl sites for hydroxylation is 1. The number of hydrogen-bond donors (Lipinski definition) is 1. The molecule has 4 rings (SSSR count). The van der Waals surface area contributed by atoms with Crippen LogP contribution in [0.3, 0.4) is 0 Å². The summed E-state index contributed by atoms with van der Waals surface area (Å²) < 4.78 is 22.2. The fourth-order valence-corrected chi connectivity index (χ4v) is 5.09. The van der Waals surface area contributed by atoms with Gasteiger partial charge in [0.05, 0.1) is 18.1 Å². The average Bonchev–Trinajstić information content (AvgIpc) is 2.84. The first-order chi connectivity index (χ1) is 16.3. The van der Waals surface area contributed by atoms with Crippen LogP contribution in [0, 0.1) is 10.1 Å². The Labute approximate surface area is 197 Å². The minimum Gasteiger partial charge on any atom is -0.479 e. The quantitative estimate of drug-likeness (QED) is 0.293. The SMILES string of the molecule is COC(=O)[C@H]1CCc2ccccc2N1[C@H]1c2cc([N+](=O)[O-])ccc2O[C@](C)(C(OC)OC)[C@@H]1O. The largest absolute Gasteiger partial charge is 0.479 e. The van der Waals surface area contributed by atoms with E-state index >= 15 is 0 Å². The van der Waals surface area contributed by atoms with Gasteiger partial charge in [-0.3, -0.25) is 10.1 Å². The third-order valence-corrected chi connectivity index (χ3v) is 6.70. The van der Waals surface area contributed by atoms with Crippen molar-refractivity contribution in [2.24, 2.45) is 0 Å². The predicted octanol–water partition coefficient (Wildman–Crippen LogP) is 2.76. The molecule has 1 N–H and O–H groups in total. The van der Waals surface area contributed by atoms with Gasteiger partial charge in [-0.05, 0) is 37.5 Å². The van der Waals surface area contributed by atoms with Gasteiger partial charge in [0.25, 0.3) is 5.69 Å². The summed E-state index contributed by atoms with van der Waals surface area (Å²) in [4.78, 5) is 25.8. The lowest BCUT2D eigenvalue weighted by atomic mass is 9.81. The van der Waals surface area contributed by atoms with Crippen LogP contribution in [-0.2, 0) is 25.4 Å². The van der Waals surface area contributed by atoms with Crippen molar-refractivity contribution >= 4 is 17.3 Å². The topological polar surface area (TPSA) is 121 Å². The van der Waals surface area contributed by atoms with Crippen LogP contribution < -0.4 is 9.64 Å². The van der Waals surface area contributed by atoms with Crippen LogP contribution in [-0.4, -0.2) is 61.4 Å². The minimum atomic E-state index is -1.40. The van der Waals surface area contributed by atoms with Gasteiger partial charge in [-0.1, -0.05) is 18.2 Å². The lowest BCUT2D eigenvalue weighted by Gasteiger charge is -2.52. The molecule has 0 radical (unpaired) electrons. The Hall–Kier alpha value is -3.21. The molecule has 10 nitrogen and oxygen atoms in total. The molecule has 182 valence electrons. The highest BCUT2D eigenvalue weighted by atomic mass is 16.7. The molecule has 0 aliphatic carbocycles. The number of fused-ring (bicyclic) bond motifs is 2. The van der Waals surface area contributed by atoms with Crippen molar-refractivity contribution in [1.29, 1.82) is 0 Å². The maximum absolute atomic E-state index is 12.9. The zero-order chi connectivity index (χ0) is 24.6. The fraction of sp³-hybridized carbons (Fsp3) is 0.458. The summed E-state index contributed by atoms with van der Waals surface area (Å²) in [6.07, 6.45) is -1.17. The number of nitro benzene ring substituents is 1. The highest BCUT2D eigenvalue weighted by Crippen LogP contribution is 2.49. The zero-order valence-corrected chi connectivity index (χ0v) is 19.5. The summed E-state index contributed by atoms with van der Waals surface area (Å²) in [7, 11) is 4.18. The number of para-hydroxylation sites is 1. The highest BCUT2D eigenvalue weighted by Gasteiger charge is 2.56. The maximum Gasteiger partial charge on any atom is 0.328 e. The Morgan fingerprint density at radius 3 is 2.59 bits per heavy atom. The first-order valence-corrected chi connectivity index (χ1v) is 10.9. The summed E-state index contributed by atoms with van der Waals surface area (Å²) >= 11 is 0. The average molecular weight is 472 g/mol. The molecule has 0 bridgehead atoms. The van der Waals surface area contributed by atoms with E-state index in [1.54, 1.807) is 11.8 Å². The van der Waals surface area contributed by atoms with Gasteiger partial charge in [-0.25, -0.2) is 4.79 Å². The van der Waals surface area contributed by atoms with Gasteiger partial charge in [0.1, 0.15) is 17.9 Å². The first-order valence-electron chi connectivity index (χ1n) is 10.9. The van der Waals surface area contributed by atoms with Crippen LogP contribution in [0.25, 0.3) is 0 Å². The van der Waals surface area contributed by atoms with E-state index in [0.717, 1.165) is 11.3 Å². The Bertz CT molecular complexity index is 1090. The van der Waals surface area contributed by atoms with E-state index in [1.165, 1.54) is 39.5 Å². The molecule has 34 heavy (non-hydrogen) atoms. The molecule has 0 spiro atoms. The maximum atomic E-state index is 12.9. The number of nitro groups is 1. The van der Waals surface area contributed by atoms with Crippen molar-refractivity contribution < 1.29 is 33.8 Å². The third-order valence-electron chi connectivity index (χ3n) is 6.70. The van der Waals surface area contributed by atoms with Gasteiger partial charge in [0.15, 0.2) is 11.9 Å². The molecule has 2 aromatic rings. The number of anilines is 1. The van der Waals surface area contributed by atoms with Gasteiger partial charge in [0, 0.05) is 37.6 Å². The Morgan fingerprint density at radius 2 is 1.94 bits per heavy atom. The molecule has 0 saturated heterocycles. The van der Waals surface area contributed by atoms with Crippen LogP contribution in [0.2, 0.25) is 0 Å². The Morgan fingerprint density at radius 1 is 1.24 bits per heavy atom. The number of carbonyl (C=O) groups excluding carboxylic acids is 1. The van der Waals surface area contributed by atoms with E-state index in [9.17, 15) is 20.0 Å². The Kier molecular flexibility index (Phi) is 6.48. The summed E-state index contributed by atoms with van der Waals surface area (Å²) in [6, 6.07) is 10.2. The van der Waals surface area contributed by atoms with Crippen LogP contribution in [0.4, 0.5) is 11.4 Å². The molecule has 0 fully saturated rings. The van der Waals surface area contributed by atoms with Crippen LogP contribution in [0.1, 0.15) is 30.5 Å². The normalized spacial score (nSPS) is 25.8. The number of carbonyl (C=O) groups is 1. The van der Waals surface area contributed by atoms with Crippen molar-refractivity contribution in [3.8, 4) is 5.75 Å². The number of esters is 1. The molecule has 0 unspecified atom stereocenters. The number of rotatable bonds is 6. The van der Waals surface area contributed by atoms with E-state index in [-0.39, 0.29) is 5.69 Å². The van der Waals surface area contributed by atoms with Crippen LogP contribution in [0.5, 0.6) is 5.75 Å². The summed E-state index contributed by atoms with van der Waals surface area (Å²) in [5.74, 6) is -0.133. The van der Waals surface area contributed by atoms with Gasteiger partial charge >= 0.3 is 5.97 Å². The second-order valence-electron chi connectivity index (χ2n) is 8.57. The van der Waals surface area contributed by atoms with Crippen LogP contribution >= 0.6 is 0 Å². The molecule has 2 heterocycles. The summed E-state index contributed by atoms with van der Waals surface area (Å²) in [5, 5.41) is 23.4. The monoisotopic (exact) mass is 472 g/mol. The second kappa shape index (κ2) is 9.21. The van der Waals surface area contributed by atoms with Crippen molar-refractivity contribution in [2.45, 2.75) is 49.8 Å². The molecule has 0 amide bonds. The number of aliphatic hydroxyl groups is 1.